The number of aliphatic hydroxyl groups is 1. The lowest BCUT2D eigenvalue weighted by Gasteiger charge is -2.24. The Labute approximate surface area is 89.7 Å². The van der Waals surface area contributed by atoms with E-state index in [4.69, 9.17) is 10.8 Å². The maximum atomic E-state index is 11.5. The third-order valence-corrected chi connectivity index (χ3v) is 3.39. The first-order chi connectivity index (χ1) is 6.79. The van der Waals surface area contributed by atoms with Gasteiger partial charge in [0.15, 0.2) is 9.84 Å². The van der Waals surface area contributed by atoms with Crippen molar-refractivity contribution in [3.63, 3.8) is 0 Å². The van der Waals surface area contributed by atoms with E-state index in [0.29, 0.717) is 5.56 Å². The largest absolute Gasteiger partial charge is 0.394 e. The number of hydrogen-bond acceptors (Lipinski definition) is 4. The van der Waals surface area contributed by atoms with E-state index in [-0.39, 0.29) is 11.5 Å². The second-order valence-electron chi connectivity index (χ2n) is 3.84. The molecule has 1 rings (SSSR count). The summed E-state index contributed by atoms with van der Waals surface area (Å²) in [5.41, 5.74) is 5.22. The lowest BCUT2D eigenvalue weighted by Crippen LogP contribution is -2.38. The zero-order chi connectivity index (χ0) is 11.7. The van der Waals surface area contributed by atoms with E-state index in [1.54, 1.807) is 25.1 Å². The van der Waals surface area contributed by atoms with Gasteiger partial charge in [0, 0.05) is 6.26 Å². The number of sulfone groups is 1. The molecule has 0 spiro atoms. The fourth-order valence-corrected chi connectivity index (χ4v) is 2.37. The maximum Gasteiger partial charge on any atom is 0.175 e. The van der Waals surface area contributed by atoms with Crippen LogP contribution in [0.1, 0.15) is 12.5 Å². The number of benzene rings is 1. The molecule has 15 heavy (non-hydrogen) atoms. The lowest BCUT2D eigenvalue weighted by atomic mass is 9.94. The minimum atomic E-state index is -3.32. The van der Waals surface area contributed by atoms with Gasteiger partial charge in [0.25, 0.3) is 0 Å². The Balaban J connectivity index is 3.44. The van der Waals surface area contributed by atoms with Crippen LogP contribution in [-0.4, -0.2) is 26.4 Å². The molecule has 0 amide bonds. The van der Waals surface area contributed by atoms with Crippen molar-refractivity contribution in [2.45, 2.75) is 17.4 Å². The van der Waals surface area contributed by atoms with Crippen molar-refractivity contribution in [2.24, 2.45) is 5.73 Å². The fourth-order valence-electron chi connectivity index (χ4n) is 1.35. The zero-order valence-electron chi connectivity index (χ0n) is 8.77. The molecule has 84 valence electrons. The van der Waals surface area contributed by atoms with Crippen LogP contribution in [0, 0.1) is 0 Å². The van der Waals surface area contributed by atoms with Gasteiger partial charge >= 0.3 is 0 Å². The standard InChI is InChI=1S/C10H15NO3S/c1-10(11,7-12)8-5-3-4-6-9(8)15(2,13)14/h3-6,12H,7,11H2,1-2H3. The Morgan fingerprint density at radius 1 is 1.40 bits per heavy atom. The fraction of sp³-hybridized carbons (Fsp3) is 0.400. The Kier molecular flexibility index (Phi) is 3.18. The van der Waals surface area contributed by atoms with Crippen molar-refractivity contribution < 1.29 is 13.5 Å². The summed E-state index contributed by atoms with van der Waals surface area (Å²) in [4.78, 5) is 0.170. The Hall–Kier alpha value is -0.910. The van der Waals surface area contributed by atoms with Crippen LogP contribution in [-0.2, 0) is 15.4 Å². The van der Waals surface area contributed by atoms with E-state index < -0.39 is 15.4 Å². The number of rotatable bonds is 3. The first-order valence-electron chi connectivity index (χ1n) is 4.48. The highest BCUT2D eigenvalue weighted by atomic mass is 32.2. The highest BCUT2D eigenvalue weighted by Gasteiger charge is 2.26. The summed E-state index contributed by atoms with van der Waals surface area (Å²) in [5, 5.41) is 9.12. The highest BCUT2D eigenvalue weighted by Crippen LogP contribution is 2.24. The topological polar surface area (TPSA) is 80.4 Å². The van der Waals surface area contributed by atoms with Crippen molar-refractivity contribution in [1.82, 2.24) is 0 Å². The van der Waals surface area contributed by atoms with Gasteiger partial charge in [-0.25, -0.2) is 8.42 Å². The molecule has 5 heteroatoms. The van der Waals surface area contributed by atoms with E-state index in [2.05, 4.69) is 0 Å². The minimum absolute atomic E-state index is 0.170. The second-order valence-corrected chi connectivity index (χ2v) is 5.83. The molecule has 1 unspecified atom stereocenters. The summed E-state index contributed by atoms with van der Waals surface area (Å²) in [6.07, 6.45) is 1.12. The summed E-state index contributed by atoms with van der Waals surface area (Å²) in [6.45, 7) is 1.29. The van der Waals surface area contributed by atoms with Gasteiger partial charge in [0.05, 0.1) is 17.0 Å². The third kappa shape index (κ3) is 2.56. The monoisotopic (exact) mass is 229 g/mol. The van der Waals surface area contributed by atoms with Crippen LogP contribution in [0.4, 0.5) is 0 Å². The van der Waals surface area contributed by atoms with Crippen LogP contribution in [0.25, 0.3) is 0 Å². The molecule has 0 fully saturated rings. The van der Waals surface area contributed by atoms with Crippen LogP contribution in [0.2, 0.25) is 0 Å². The molecule has 0 aliphatic carbocycles. The lowest BCUT2D eigenvalue weighted by molar-refractivity contribution is 0.208. The highest BCUT2D eigenvalue weighted by molar-refractivity contribution is 7.90. The van der Waals surface area contributed by atoms with E-state index in [9.17, 15) is 8.42 Å². The van der Waals surface area contributed by atoms with Crippen LogP contribution in [0.15, 0.2) is 29.2 Å². The maximum absolute atomic E-state index is 11.5. The molecule has 1 atom stereocenters. The van der Waals surface area contributed by atoms with Gasteiger partial charge in [0.1, 0.15) is 0 Å². The molecule has 0 saturated carbocycles. The number of aliphatic hydroxyl groups excluding tert-OH is 1. The molecule has 0 radical (unpaired) electrons. The smallest absolute Gasteiger partial charge is 0.175 e. The van der Waals surface area contributed by atoms with Gasteiger partial charge in [-0.1, -0.05) is 18.2 Å². The van der Waals surface area contributed by atoms with Gasteiger partial charge in [-0.15, -0.1) is 0 Å². The van der Waals surface area contributed by atoms with Crippen molar-refractivity contribution in [3.8, 4) is 0 Å². The normalized spacial score (nSPS) is 16.0. The molecule has 0 aromatic heterocycles. The van der Waals surface area contributed by atoms with Crippen molar-refractivity contribution >= 4 is 9.84 Å². The molecular weight excluding hydrogens is 214 g/mol. The number of hydrogen-bond donors (Lipinski definition) is 2. The molecule has 4 nitrogen and oxygen atoms in total. The van der Waals surface area contributed by atoms with E-state index >= 15 is 0 Å². The molecule has 0 aliphatic heterocycles. The molecular formula is C10H15NO3S. The summed E-state index contributed by atoms with van der Waals surface area (Å²) in [7, 11) is -3.32. The molecule has 0 bridgehead atoms. The second kappa shape index (κ2) is 3.92. The molecule has 1 aromatic rings. The molecule has 0 saturated heterocycles. The van der Waals surface area contributed by atoms with E-state index in [1.165, 1.54) is 6.07 Å². The van der Waals surface area contributed by atoms with Gasteiger partial charge in [-0.3, -0.25) is 0 Å². The molecule has 0 heterocycles. The molecule has 1 aromatic carbocycles. The van der Waals surface area contributed by atoms with Crippen molar-refractivity contribution in [2.75, 3.05) is 12.9 Å². The van der Waals surface area contributed by atoms with Gasteiger partial charge in [0.2, 0.25) is 0 Å². The Morgan fingerprint density at radius 2 is 1.93 bits per heavy atom. The number of nitrogens with two attached hydrogens (primary N) is 1. The SMILES string of the molecule is CC(N)(CO)c1ccccc1S(C)(=O)=O. The molecule has 0 aliphatic rings. The average molecular weight is 229 g/mol. The van der Waals surface area contributed by atoms with Crippen LogP contribution >= 0.6 is 0 Å². The first-order valence-corrected chi connectivity index (χ1v) is 6.37. The van der Waals surface area contributed by atoms with Crippen LogP contribution in [0.5, 0.6) is 0 Å². The van der Waals surface area contributed by atoms with Crippen LogP contribution < -0.4 is 5.73 Å². The van der Waals surface area contributed by atoms with E-state index in [1.807, 2.05) is 0 Å². The van der Waals surface area contributed by atoms with Gasteiger partial charge < -0.3 is 10.8 Å². The third-order valence-electron chi connectivity index (χ3n) is 2.23. The summed E-state index contributed by atoms with van der Waals surface area (Å²) in [6, 6.07) is 6.44. The van der Waals surface area contributed by atoms with E-state index in [0.717, 1.165) is 6.26 Å². The average Bonchev–Trinajstić information content (AvgIpc) is 2.16. The summed E-state index contributed by atoms with van der Waals surface area (Å²) >= 11 is 0. The van der Waals surface area contributed by atoms with Gasteiger partial charge in [-0.2, -0.15) is 0 Å². The zero-order valence-corrected chi connectivity index (χ0v) is 9.58. The van der Waals surface area contributed by atoms with Crippen molar-refractivity contribution in [1.29, 1.82) is 0 Å². The van der Waals surface area contributed by atoms with Crippen molar-refractivity contribution in [3.05, 3.63) is 29.8 Å². The summed E-state index contributed by atoms with van der Waals surface area (Å²) in [5.74, 6) is 0. The minimum Gasteiger partial charge on any atom is -0.394 e. The quantitative estimate of drug-likeness (QED) is 0.779. The predicted molar refractivity (Wildman–Crippen MR) is 58.2 cm³/mol. The first kappa shape index (κ1) is 12.2. The molecule has 3 N–H and O–H groups in total. The van der Waals surface area contributed by atoms with Crippen LogP contribution in [0.3, 0.4) is 0 Å². The Morgan fingerprint density at radius 3 is 2.40 bits per heavy atom. The Bertz CT molecular complexity index is 451. The summed E-state index contributed by atoms with van der Waals surface area (Å²) < 4.78 is 23.0. The van der Waals surface area contributed by atoms with Gasteiger partial charge in [-0.05, 0) is 18.6 Å². The predicted octanol–water partition coefficient (Wildman–Crippen LogP) is 0.256.